The average Bonchev–Trinajstić information content (AvgIpc) is 3.20. The lowest BCUT2D eigenvalue weighted by molar-refractivity contribution is 0.310. The molecular formula is C19H24N6O3. The Kier molecular flexibility index (Phi) is 6.50. The van der Waals surface area contributed by atoms with Crippen LogP contribution in [0.25, 0.3) is 0 Å². The van der Waals surface area contributed by atoms with Crippen LogP contribution in [0, 0.1) is 0 Å². The monoisotopic (exact) mass is 384 g/mol. The van der Waals surface area contributed by atoms with E-state index in [1.54, 1.807) is 12.3 Å². The van der Waals surface area contributed by atoms with E-state index in [1.807, 2.05) is 49.2 Å². The van der Waals surface area contributed by atoms with Crippen molar-refractivity contribution < 1.29 is 13.9 Å². The maximum atomic E-state index is 5.76. The molecule has 2 aromatic heterocycles. The first-order valence-corrected chi connectivity index (χ1v) is 8.98. The summed E-state index contributed by atoms with van der Waals surface area (Å²) in [5, 5.41) is 3.12. The Hall–Kier alpha value is -3.49. The summed E-state index contributed by atoms with van der Waals surface area (Å²) in [5.74, 6) is 2.40. The minimum atomic E-state index is 0.262. The fourth-order valence-electron chi connectivity index (χ4n) is 2.37. The molecule has 0 bridgehead atoms. The van der Waals surface area contributed by atoms with Gasteiger partial charge in [-0.1, -0.05) is 6.07 Å². The van der Waals surface area contributed by atoms with Crippen molar-refractivity contribution in [2.24, 2.45) is 0 Å². The van der Waals surface area contributed by atoms with Gasteiger partial charge < -0.3 is 29.8 Å². The van der Waals surface area contributed by atoms with Gasteiger partial charge in [0.2, 0.25) is 11.9 Å². The Morgan fingerprint density at radius 3 is 2.79 bits per heavy atom. The average molecular weight is 384 g/mol. The molecule has 0 atom stereocenters. The number of nitrogens with one attached hydrogen (secondary N) is 1. The van der Waals surface area contributed by atoms with E-state index in [9.17, 15) is 0 Å². The van der Waals surface area contributed by atoms with Crippen LogP contribution in [0.1, 0.15) is 12.7 Å². The summed E-state index contributed by atoms with van der Waals surface area (Å²) in [4.78, 5) is 14.9. The fraction of sp³-hybridized carbons (Fsp3) is 0.316. The van der Waals surface area contributed by atoms with E-state index in [0.29, 0.717) is 43.9 Å². The van der Waals surface area contributed by atoms with Gasteiger partial charge in [-0.25, -0.2) is 0 Å². The molecule has 0 spiro atoms. The first-order chi connectivity index (χ1) is 13.6. The molecule has 3 aromatic rings. The SMILES string of the molecule is CCOc1nc(NCc2ccco2)nc(N(C)CCOc2cccc(N)c2)n1. The molecule has 0 fully saturated rings. The number of aromatic nitrogens is 3. The second kappa shape index (κ2) is 9.45. The van der Waals surface area contributed by atoms with E-state index in [2.05, 4.69) is 20.3 Å². The molecule has 9 nitrogen and oxygen atoms in total. The largest absolute Gasteiger partial charge is 0.492 e. The van der Waals surface area contributed by atoms with Gasteiger partial charge in [-0.15, -0.1) is 0 Å². The maximum Gasteiger partial charge on any atom is 0.323 e. The normalized spacial score (nSPS) is 10.5. The highest BCUT2D eigenvalue weighted by Gasteiger charge is 2.12. The third-order valence-electron chi connectivity index (χ3n) is 3.77. The number of nitrogens with zero attached hydrogens (tertiary/aromatic N) is 4. The number of hydrogen-bond donors (Lipinski definition) is 2. The number of furan rings is 1. The molecule has 3 rings (SSSR count). The summed E-state index contributed by atoms with van der Waals surface area (Å²) < 4.78 is 16.5. The second-order valence-corrected chi connectivity index (χ2v) is 5.95. The van der Waals surface area contributed by atoms with Gasteiger partial charge in [0.05, 0.1) is 26.0 Å². The van der Waals surface area contributed by atoms with Crippen molar-refractivity contribution in [3.63, 3.8) is 0 Å². The van der Waals surface area contributed by atoms with Crippen LogP contribution < -0.4 is 25.4 Å². The highest BCUT2D eigenvalue weighted by molar-refractivity contribution is 5.43. The Balaban J connectivity index is 1.62. The molecule has 0 radical (unpaired) electrons. The number of rotatable bonds is 10. The van der Waals surface area contributed by atoms with Gasteiger partial charge in [0, 0.05) is 18.8 Å². The Morgan fingerprint density at radius 2 is 2.04 bits per heavy atom. The van der Waals surface area contributed by atoms with Gasteiger partial charge in [0.25, 0.3) is 0 Å². The van der Waals surface area contributed by atoms with Gasteiger partial charge >= 0.3 is 6.01 Å². The van der Waals surface area contributed by atoms with Crippen molar-refractivity contribution in [3.8, 4) is 11.8 Å². The minimum Gasteiger partial charge on any atom is -0.492 e. The van der Waals surface area contributed by atoms with Crippen LogP contribution in [0.2, 0.25) is 0 Å². The zero-order valence-electron chi connectivity index (χ0n) is 16.0. The van der Waals surface area contributed by atoms with Crippen LogP contribution in [0.3, 0.4) is 0 Å². The Bertz CT molecular complexity index is 872. The summed E-state index contributed by atoms with van der Waals surface area (Å²) in [6.07, 6.45) is 1.62. The Morgan fingerprint density at radius 1 is 1.14 bits per heavy atom. The molecule has 9 heteroatoms. The maximum absolute atomic E-state index is 5.76. The standard InChI is InChI=1S/C19H24N6O3/c1-3-26-19-23-17(21-13-16-8-5-10-27-16)22-18(24-19)25(2)9-11-28-15-7-4-6-14(20)12-15/h4-8,10,12H,3,9,11,13,20H2,1-2H3,(H,21,22,23,24). The van der Waals surface area contributed by atoms with Crippen molar-refractivity contribution in [3.05, 3.63) is 48.4 Å². The predicted octanol–water partition coefficient (Wildman–Crippen LogP) is 2.57. The molecule has 28 heavy (non-hydrogen) atoms. The lowest BCUT2D eigenvalue weighted by Crippen LogP contribution is -2.26. The van der Waals surface area contributed by atoms with Crippen molar-refractivity contribution in [1.82, 2.24) is 15.0 Å². The van der Waals surface area contributed by atoms with Crippen LogP contribution >= 0.6 is 0 Å². The molecule has 0 saturated heterocycles. The van der Waals surface area contributed by atoms with Gasteiger partial charge in [-0.05, 0) is 31.2 Å². The highest BCUT2D eigenvalue weighted by Crippen LogP contribution is 2.17. The zero-order valence-corrected chi connectivity index (χ0v) is 16.0. The molecule has 0 aliphatic heterocycles. The summed E-state index contributed by atoms with van der Waals surface area (Å²) in [7, 11) is 1.88. The highest BCUT2D eigenvalue weighted by atomic mass is 16.5. The lowest BCUT2D eigenvalue weighted by atomic mass is 10.3. The summed E-state index contributed by atoms with van der Waals surface area (Å²) >= 11 is 0. The fourth-order valence-corrected chi connectivity index (χ4v) is 2.37. The Labute approximate surface area is 163 Å². The van der Waals surface area contributed by atoms with E-state index in [0.717, 1.165) is 11.5 Å². The zero-order chi connectivity index (χ0) is 19.8. The molecule has 0 aliphatic rings. The molecule has 0 aliphatic carbocycles. The number of nitrogen functional groups attached to an aromatic ring is 1. The van der Waals surface area contributed by atoms with E-state index < -0.39 is 0 Å². The predicted molar refractivity (Wildman–Crippen MR) is 107 cm³/mol. The number of anilines is 3. The van der Waals surface area contributed by atoms with Crippen LogP contribution in [0.5, 0.6) is 11.8 Å². The molecular weight excluding hydrogens is 360 g/mol. The first kappa shape index (κ1) is 19.3. The molecule has 3 N–H and O–H groups in total. The van der Waals surface area contributed by atoms with Crippen molar-refractivity contribution >= 4 is 17.6 Å². The van der Waals surface area contributed by atoms with Crippen LogP contribution in [0.4, 0.5) is 17.6 Å². The van der Waals surface area contributed by atoms with E-state index in [-0.39, 0.29) is 6.01 Å². The third-order valence-corrected chi connectivity index (χ3v) is 3.77. The molecule has 1 aromatic carbocycles. The van der Waals surface area contributed by atoms with E-state index >= 15 is 0 Å². The van der Waals surface area contributed by atoms with Crippen LogP contribution in [-0.2, 0) is 6.54 Å². The smallest absolute Gasteiger partial charge is 0.323 e. The van der Waals surface area contributed by atoms with Crippen molar-refractivity contribution in [2.45, 2.75) is 13.5 Å². The number of ether oxygens (including phenoxy) is 2. The summed E-state index contributed by atoms with van der Waals surface area (Å²) in [6, 6.07) is 11.3. The molecule has 148 valence electrons. The van der Waals surface area contributed by atoms with Crippen molar-refractivity contribution in [2.75, 3.05) is 42.8 Å². The van der Waals surface area contributed by atoms with Gasteiger partial charge in [0.15, 0.2) is 0 Å². The van der Waals surface area contributed by atoms with E-state index in [4.69, 9.17) is 19.6 Å². The number of nitrogens with two attached hydrogens (primary N) is 1. The van der Waals surface area contributed by atoms with Gasteiger partial charge in [0.1, 0.15) is 18.1 Å². The number of benzene rings is 1. The minimum absolute atomic E-state index is 0.262. The molecule has 0 amide bonds. The number of hydrogen-bond acceptors (Lipinski definition) is 9. The lowest BCUT2D eigenvalue weighted by Gasteiger charge is -2.18. The van der Waals surface area contributed by atoms with E-state index in [1.165, 1.54) is 0 Å². The summed E-state index contributed by atoms with van der Waals surface area (Å²) in [5.41, 5.74) is 6.43. The second-order valence-electron chi connectivity index (χ2n) is 5.95. The molecule has 0 saturated carbocycles. The number of likely N-dealkylation sites (N-methyl/N-ethyl adjacent to an activating group) is 1. The van der Waals surface area contributed by atoms with Gasteiger partial charge in [-0.3, -0.25) is 0 Å². The van der Waals surface area contributed by atoms with Crippen molar-refractivity contribution in [1.29, 1.82) is 0 Å². The molecule has 2 heterocycles. The first-order valence-electron chi connectivity index (χ1n) is 8.98. The van der Waals surface area contributed by atoms with Gasteiger partial charge in [-0.2, -0.15) is 15.0 Å². The molecule has 0 unspecified atom stereocenters. The summed E-state index contributed by atoms with van der Waals surface area (Å²) in [6.45, 7) is 3.82. The van der Waals surface area contributed by atoms with Crippen LogP contribution in [-0.4, -0.2) is 41.8 Å². The van der Waals surface area contributed by atoms with Crippen LogP contribution in [0.15, 0.2) is 47.1 Å². The quantitative estimate of drug-likeness (QED) is 0.509. The topological polar surface area (TPSA) is 112 Å². The third kappa shape index (κ3) is 5.50.